The number of nitrogens with two attached hydrogens (primary N) is 1. The minimum atomic E-state index is 0.503. The lowest BCUT2D eigenvalue weighted by atomic mass is 10.3. The summed E-state index contributed by atoms with van der Waals surface area (Å²) >= 11 is 9.87. The van der Waals surface area contributed by atoms with E-state index in [9.17, 15) is 0 Å². The van der Waals surface area contributed by atoms with E-state index < -0.39 is 0 Å². The standard InChI is InChI=1S/C7H8ClNOS/c1-10-6-3-7(11)5(9)2-4(6)8/h2-3,11H,9H2,1H3. The second-order valence-electron chi connectivity index (χ2n) is 2.05. The highest BCUT2D eigenvalue weighted by molar-refractivity contribution is 7.80. The number of benzene rings is 1. The Morgan fingerprint density at radius 1 is 1.55 bits per heavy atom. The van der Waals surface area contributed by atoms with Gasteiger partial charge in [0.05, 0.1) is 12.1 Å². The van der Waals surface area contributed by atoms with Crippen molar-refractivity contribution >= 4 is 29.9 Å². The lowest BCUT2D eigenvalue weighted by molar-refractivity contribution is 0.414. The highest BCUT2D eigenvalue weighted by atomic mass is 35.5. The van der Waals surface area contributed by atoms with Crippen molar-refractivity contribution in [2.75, 3.05) is 12.8 Å². The fraction of sp³-hybridized carbons (Fsp3) is 0.143. The van der Waals surface area contributed by atoms with Crippen LogP contribution < -0.4 is 10.5 Å². The van der Waals surface area contributed by atoms with Crippen LogP contribution in [-0.2, 0) is 0 Å². The molecule has 0 saturated carbocycles. The van der Waals surface area contributed by atoms with Crippen molar-refractivity contribution in [1.82, 2.24) is 0 Å². The smallest absolute Gasteiger partial charge is 0.138 e. The summed E-state index contributed by atoms with van der Waals surface area (Å²) in [6.07, 6.45) is 0. The quantitative estimate of drug-likeness (QED) is 0.525. The lowest BCUT2D eigenvalue weighted by Crippen LogP contribution is -1.90. The van der Waals surface area contributed by atoms with E-state index in [1.54, 1.807) is 19.2 Å². The summed E-state index contributed by atoms with van der Waals surface area (Å²) in [6, 6.07) is 3.30. The van der Waals surface area contributed by atoms with Crippen LogP contribution in [0.2, 0.25) is 5.02 Å². The highest BCUT2D eigenvalue weighted by Gasteiger charge is 2.03. The third-order valence-electron chi connectivity index (χ3n) is 1.30. The van der Waals surface area contributed by atoms with Crippen LogP contribution in [0.4, 0.5) is 5.69 Å². The normalized spacial score (nSPS) is 9.73. The third kappa shape index (κ3) is 1.73. The molecule has 0 atom stereocenters. The number of halogens is 1. The van der Waals surface area contributed by atoms with Crippen LogP contribution in [0.5, 0.6) is 5.75 Å². The van der Waals surface area contributed by atoms with Gasteiger partial charge in [-0.3, -0.25) is 0 Å². The van der Waals surface area contributed by atoms with Gasteiger partial charge in [0.15, 0.2) is 0 Å². The van der Waals surface area contributed by atoms with Crippen LogP contribution in [0.1, 0.15) is 0 Å². The van der Waals surface area contributed by atoms with Gasteiger partial charge in [-0.15, -0.1) is 12.6 Å². The molecule has 0 radical (unpaired) electrons. The maximum atomic E-state index is 5.76. The summed E-state index contributed by atoms with van der Waals surface area (Å²) in [5.41, 5.74) is 6.08. The van der Waals surface area contributed by atoms with Crippen molar-refractivity contribution in [3.63, 3.8) is 0 Å². The van der Waals surface area contributed by atoms with E-state index in [-0.39, 0.29) is 0 Å². The summed E-state index contributed by atoms with van der Waals surface area (Å²) in [4.78, 5) is 0.672. The van der Waals surface area contributed by atoms with Crippen LogP contribution in [0.25, 0.3) is 0 Å². The molecule has 11 heavy (non-hydrogen) atoms. The average molecular weight is 190 g/mol. The van der Waals surface area contributed by atoms with Crippen molar-refractivity contribution in [3.05, 3.63) is 17.2 Å². The Hall–Kier alpha value is -0.540. The molecular formula is C7H8ClNOS. The summed E-state index contributed by atoms with van der Waals surface area (Å²) in [7, 11) is 1.55. The van der Waals surface area contributed by atoms with Crippen molar-refractivity contribution in [2.24, 2.45) is 0 Å². The van der Waals surface area contributed by atoms with E-state index in [1.807, 2.05) is 0 Å². The molecular weight excluding hydrogens is 182 g/mol. The van der Waals surface area contributed by atoms with Crippen LogP contribution in [-0.4, -0.2) is 7.11 Å². The molecule has 0 fully saturated rings. The zero-order chi connectivity index (χ0) is 8.43. The first-order valence-corrected chi connectivity index (χ1v) is 3.79. The fourth-order valence-corrected chi connectivity index (χ4v) is 1.15. The first-order chi connectivity index (χ1) is 5.15. The molecule has 60 valence electrons. The van der Waals surface area contributed by atoms with E-state index >= 15 is 0 Å². The predicted molar refractivity (Wildman–Crippen MR) is 49.7 cm³/mol. The summed E-state index contributed by atoms with van der Waals surface area (Å²) in [6.45, 7) is 0. The van der Waals surface area contributed by atoms with Gasteiger partial charge in [0.1, 0.15) is 5.75 Å². The molecule has 2 nitrogen and oxygen atoms in total. The Labute approximate surface area is 75.7 Å². The Kier molecular flexibility index (Phi) is 2.52. The highest BCUT2D eigenvalue weighted by Crippen LogP contribution is 2.30. The molecule has 0 aliphatic heterocycles. The largest absolute Gasteiger partial charge is 0.495 e. The summed E-state index contributed by atoms with van der Waals surface area (Å²) in [5.74, 6) is 0.589. The molecule has 0 aromatic heterocycles. The maximum Gasteiger partial charge on any atom is 0.138 e. The molecule has 0 amide bonds. The molecule has 1 rings (SSSR count). The number of hydrogen-bond donors (Lipinski definition) is 2. The van der Waals surface area contributed by atoms with Crippen LogP contribution in [0.3, 0.4) is 0 Å². The number of rotatable bonds is 1. The zero-order valence-corrected chi connectivity index (χ0v) is 7.62. The Bertz CT molecular complexity index is 277. The molecule has 0 aliphatic rings. The molecule has 0 spiro atoms. The number of hydrogen-bond acceptors (Lipinski definition) is 3. The molecule has 2 N–H and O–H groups in total. The van der Waals surface area contributed by atoms with Crippen molar-refractivity contribution in [2.45, 2.75) is 4.90 Å². The van der Waals surface area contributed by atoms with Gasteiger partial charge in [0.2, 0.25) is 0 Å². The van der Waals surface area contributed by atoms with Crippen molar-refractivity contribution in [3.8, 4) is 5.75 Å². The van der Waals surface area contributed by atoms with E-state index in [0.717, 1.165) is 0 Å². The first kappa shape index (κ1) is 8.56. The minimum Gasteiger partial charge on any atom is -0.495 e. The molecule has 1 aromatic rings. The van der Waals surface area contributed by atoms with Gasteiger partial charge in [-0.2, -0.15) is 0 Å². The van der Waals surface area contributed by atoms with E-state index in [0.29, 0.717) is 21.4 Å². The Balaban J connectivity index is 3.21. The van der Waals surface area contributed by atoms with Gasteiger partial charge in [-0.05, 0) is 12.1 Å². The van der Waals surface area contributed by atoms with Gasteiger partial charge in [-0.25, -0.2) is 0 Å². The van der Waals surface area contributed by atoms with E-state index in [4.69, 9.17) is 22.1 Å². The third-order valence-corrected chi connectivity index (χ3v) is 1.98. The van der Waals surface area contributed by atoms with E-state index in [2.05, 4.69) is 12.6 Å². The predicted octanol–water partition coefficient (Wildman–Crippen LogP) is 2.22. The van der Waals surface area contributed by atoms with Gasteiger partial charge in [0.25, 0.3) is 0 Å². The molecule has 1 aromatic carbocycles. The summed E-state index contributed by atoms with van der Waals surface area (Å²) < 4.78 is 4.94. The lowest BCUT2D eigenvalue weighted by Gasteiger charge is -2.05. The second-order valence-corrected chi connectivity index (χ2v) is 2.93. The number of nitrogen functional groups attached to an aromatic ring is 1. The number of thiol groups is 1. The minimum absolute atomic E-state index is 0.503. The maximum absolute atomic E-state index is 5.76. The molecule has 0 heterocycles. The van der Waals surface area contributed by atoms with Crippen LogP contribution >= 0.6 is 24.2 Å². The SMILES string of the molecule is COc1cc(S)c(N)cc1Cl. The summed E-state index contributed by atoms with van der Waals surface area (Å²) in [5, 5.41) is 0.503. The Morgan fingerprint density at radius 2 is 2.18 bits per heavy atom. The second kappa shape index (κ2) is 3.24. The van der Waals surface area contributed by atoms with Gasteiger partial charge in [-0.1, -0.05) is 11.6 Å². The number of anilines is 1. The van der Waals surface area contributed by atoms with Crippen molar-refractivity contribution in [1.29, 1.82) is 0 Å². The topological polar surface area (TPSA) is 35.2 Å². The number of ether oxygens (including phenoxy) is 1. The molecule has 0 bridgehead atoms. The monoisotopic (exact) mass is 189 g/mol. The fourth-order valence-electron chi connectivity index (χ4n) is 0.714. The van der Waals surface area contributed by atoms with Crippen LogP contribution in [0.15, 0.2) is 17.0 Å². The Morgan fingerprint density at radius 3 is 2.73 bits per heavy atom. The van der Waals surface area contributed by atoms with Gasteiger partial charge in [0, 0.05) is 10.6 Å². The average Bonchev–Trinajstić information content (AvgIpc) is 1.97. The molecule has 4 heteroatoms. The molecule has 0 saturated heterocycles. The van der Waals surface area contributed by atoms with Crippen molar-refractivity contribution < 1.29 is 4.74 Å². The molecule has 0 aliphatic carbocycles. The van der Waals surface area contributed by atoms with Crippen LogP contribution in [0, 0.1) is 0 Å². The molecule has 0 unspecified atom stereocenters. The van der Waals surface area contributed by atoms with E-state index in [1.165, 1.54) is 0 Å². The number of methoxy groups -OCH3 is 1. The van der Waals surface area contributed by atoms with Gasteiger partial charge < -0.3 is 10.5 Å². The first-order valence-electron chi connectivity index (χ1n) is 2.97. The zero-order valence-electron chi connectivity index (χ0n) is 5.97. The van der Waals surface area contributed by atoms with Gasteiger partial charge >= 0.3 is 0 Å².